The van der Waals surface area contributed by atoms with Crippen LogP contribution in [0.2, 0.25) is 0 Å². The van der Waals surface area contributed by atoms with Gasteiger partial charge in [0.2, 0.25) is 0 Å². The standard InChI is InChI=1S/C22H30N4OS.HI/c1-3-23-22(25-19-11-12-20(14-19)28-2)24-15-17-7-9-18(10-8-17)16-26-13-5-4-6-21(26)27;/h4-10,13,19-20H,3,11-12,14-16H2,1-2H3,(H2,23,24,25);1H. The Morgan fingerprint density at radius 3 is 2.59 bits per heavy atom. The number of rotatable bonds is 7. The third-order valence-electron chi connectivity index (χ3n) is 5.10. The number of aromatic nitrogens is 1. The highest BCUT2D eigenvalue weighted by Gasteiger charge is 2.24. The molecule has 1 saturated carbocycles. The third-order valence-corrected chi connectivity index (χ3v) is 6.19. The zero-order valence-electron chi connectivity index (χ0n) is 17.1. The highest BCUT2D eigenvalue weighted by Crippen LogP contribution is 2.28. The monoisotopic (exact) mass is 526 g/mol. The van der Waals surface area contributed by atoms with E-state index in [1.807, 2.05) is 24.0 Å². The first-order valence-corrected chi connectivity index (χ1v) is 11.3. The molecule has 2 N–H and O–H groups in total. The van der Waals surface area contributed by atoms with Gasteiger partial charge in [-0.2, -0.15) is 11.8 Å². The van der Waals surface area contributed by atoms with E-state index in [4.69, 9.17) is 4.99 Å². The van der Waals surface area contributed by atoms with Crippen molar-refractivity contribution < 1.29 is 0 Å². The van der Waals surface area contributed by atoms with Gasteiger partial charge in [0, 0.05) is 30.1 Å². The van der Waals surface area contributed by atoms with Crippen molar-refractivity contribution in [2.24, 2.45) is 4.99 Å². The molecule has 1 heterocycles. The van der Waals surface area contributed by atoms with Gasteiger partial charge >= 0.3 is 0 Å². The van der Waals surface area contributed by atoms with E-state index in [1.54, 1.807) is 16.7 Å². The fourth-order valence-corrected chi connectivity index (χ4v) is 4.30. The lowest BCUT2D eigenvalue weighted by Gasteiger charge is -2.17. The van der Waals surface area contributed by atoms with Crippen LogP contribution < -0.4 is 16.2 Å². The summed E-state index contributed by atoms with van der Waals surface area (Å²) in [7, 11) is 0. The van der Waals surface area contributed by atoms with Crippen LogP contribution in [-0.2, 0) is 13.1 Å². The SMILES string of the molecule is CCNC(=NCc1ccc(Cn2ccccc2=O)cc1)NC1CCC(SC)C1.I. The summed E-state index contributed by atoms with van der Waals surface area (Å²) in [6, 6.07) is 14.1. The van der Waals surface area contributed by atoms with Crippen LogP contribution in [-0.4, -0.2) is 34.6 Å². The molecule has 1 aromatic carbocycles. The van der Waals surface area contributed by atoms with Gasteiger partial charge in [0.25, 0.3) is 5.56 Å². The van der Waals surface area contributed by atoms with Gasteiger partial charge < -0.3 is 15.2 Å². The highest BCUT2D eigenvalue weighted by molar-refractivity contribution is 14.0. The Bertz CT molecular complexity index is 837. The van der Waals surface area contributed by atoms with E-state index in [0.717, 1.165) is 28.9 Å². The molecule has 2 atom stereocenters. The minimum Gasteiger partial charge on any atom is -0.357 e. The Morgan fingerprint density at radius 2 is 1.93 bits per heavy atom. The summed E-state index contributed by atoms with van der Waals surface area (Å²) in [4.78, 5) is 16.6. The number of benzene rings is 1. The summed E-state index contributed by atoms with van der Waals surface area (Å²) in [5.41, 5.74) is 2.29. The van der Waals surface area contributed by atoms with Crippen molar-refractivity contribution in [3.63, 3.8) is 0 Å². The first-order chi connectivity index (χ1) is 13.7. The maximum absolute atomic E-state index is 11.8. The van der Waals surface area contributed by atoms with Crippen LogP contribution in [0.15, 0.2) is 58.4 Å². The molecule has 29 heavy (non-hydrogen) atoms. The number of hydrogen-bond acceptors (Lipinski definition) is 3. The van der Waals surface area contributed by atoms with Crippen LogP contribution in [0.4, 0.5) is 0 Å². The maximum Gasteiger partial charge on any atom is 0.250 e. The number of thioether (sulfide) groups is 1. The molecule has 1 aliphatic rings. The second-order valence-electron chi connectivity index (χ2n) is 7.19. The second-order valence-corrected chi connectivity index (χ2v) is 8.33. The van der Waals surface area contributed by atoms with Crippen LogP contribution in [0, 0.1) is 0 Å². The van der Waals surface area contributed by atoms with Gasteiger partial charge in [-0.05, 0) is 49.6 Å². The maximum atomic E-state index is 11.8. The smallest absolute Gasteiger partial charge is 0.250 e. The molecule has 1 aromatic heterocycles. The van der Waals surface area contributed by atoms with E-state index in [2.05, 4.69) is 48.1 Å². The molecule has 2 aromatic rings. The molecule has 0 bridgehead atoms. The molecule has 5 nitrogen and oxygen atoms in total. The molecule has 1 fully saturated rings. The number of pyridine rings is 1. The van der Waals surface area contributed by atoms with Gasteiger partial charge in [-0.15, -0.1) is 24.0 Å². The second kappa shape index (κ2) is 12.3. The molecular formula is C22H31IN4OS. The van der Waals surface area contributed by atoms with E-state index in [1.165, 1.54) is 19.3 Å². The van der Waals surface area contributed by atoms with Crippen molar-refractivity contribution >= 4 is 41.7 Å². The minimum atomic E-state index is 0. The first-order valence-electron chi connectivity index (χ1n) is 9.99. The summed E-state index contributed by atoms with van der Waals surface area (Å²) < 4.78 is 1.71. The molecule has 0 radical (unpaired) electrons. The van der Waals surface area contributed by atoms with Crippen LogP contribution in [0.25, 0.3) is 0 Å². The fourth-order valence-electron chi connectivity index (χ4n) is 3.51. The predicted molar refractivity (Wildman–Crippen MR) is 135 cm³/mol. The van der Waals surface area contributed by atoms with E-state index >= 15 is 0 Å². The van der Waals surface area contributed by atoms with Crippen molar-refractivity contribution in [1.29, 1.82) is 0 Å². The lowest BCUT2D eigenvalue weighted by molar-refractivity contribution is 0.615. The number of guanidine groups is 1. The van der Waals surface area contributed by atoms with Crippen molar-refractivity contribution in [3.8, 4) is 0 Å². The summed E-state index contributed by atoms with van der Waals surface area (Å²) >= 11 is 1.97. The van der Waals surface area contributed by atoms with Gasteiger partial charge in [-0.25, -0.2) is 4.99 Å². The molecule has 0 aliphatic heterocycles. The largest absolute Gasteiger partial charge is 0.357 e. The highest BCUT2D eigenvalue weighted by atomic mass is 127. The fraction of sp³-hybridized carbons (Fsp3) is 0.455. The van der Waals surface area contributed by atoms with Crippen LogP contribution >= 0.6 is 35.7 Å². The predicted octanol–water partition coefficient (Wildman–Crippen LogP) is 3.85. The summed E-state index contributed by atoms with van der Waals surface area (Å²) in [6.45, 7) is 4.18. The lowest BCUT2D eigenvalue weighted by atomic mass is 10.1. The number of halogens is 1. The van der Waals surface area contributed by atoms with E-state index < -0.39 is 0 Å². The molecule has 3 rings (SSSR count). The Morgan fingerprint density at radius 1 is 1.17 bits per heavy atom. The van der Waals surface area contributed by atoms with Crippen molar-refractivity contribution in [2.75, 3.05) is 12.8 Å². The first kappa shape index (κ1) is 23.8. The molecule has 0 spiro atoms. The minimum absolute atomic E-state index is 0. The van der Waals surface area contributed by atoms with Crippen LogP contribution in [0.5, 0.6) is 0 Å². The van der Waals surface area contributed by atoms with Crippen LogP contribution in [0.1, 0.15) is 37.3 Å². The van der Waals surface area contributed by atoms with Crippen LogP contribution in [0.3, 0.4) is 0 Å². The Hall–Kier alpha value is -1.48. The van der Waals surface area contributed by atoms with Gasteiger partial charge in [-0.1, -0.05) is 30.3 Å². The molecule has 2 unspecified atom stereocenters. The zero-order chi connectivity index (χ0) is 19.8. The topological polar surface area (TPSA) is 58.4 Å². The molecule has 0 amide bonds. The normalized spacial score (nSPS) is 18.9. The van der Waals surface area contributed by atoms with Gasteiger partial charge in [-0.3, -0.25) is 4.79 Å². The van der Waals surface area contributed by atoms with Gasteiger partial charge in [0.15, 0.2) is 5.96 Å². The Kier molecular flexibility index (Phi) is 10.1. The molecule has 1 aliphatic carbocycles. The number of aliphatic imine (C=N–C) groups is 1. The quantitative estimate of drug-likeness (QED) is 0.327. The van der Waals surface area contributed by atoms with Crippen molar-refractivity contribution in [2.45, 2.75) is 50.6 Å². The summed E-state index contributed by atoms with van der Waals surface area (Å²) in [5, 5.41) is 7.71. The van der Waals surface area contributed by atoms with E-state index in [9.17, 15) is 4.79 Å². The van der Waals surface area contributed by atoms with Crippen molar-refractivity contribution in [3.05, 3.63) is 70.1 Å². The number of nitrogens with zero attached hydrogens (tertiary/aromatic N) is 2. The number of hydrogen-bond donors (Lipinski definition) is 2. The zero-order valence-corrected chi connectivity index (χ0v) is 20.3. The lowest BCUT2D eigenvalue weighted by Crippen LogP contribution is -2.42. The summed E-state index contributed by atoms with van der Waals surface area (Å²) in [6.07, 6.45) is 7.72. The van der Waals surface area contributed by atoms with E-state index in [-0.39, 0.29) is 29.5 Å². The van der Waals surface area contributed by atoms with Crippen molar-refractivity contribution in [1.82, 2.24) is 15.2 Å². The van der Waals surface area contributed by atoms with E-state index in [0.29, 0.717) is 19.1 Å². The molecule has 158 valence electrons. The third kappa shape index (κ3) is 7.37. The number of nitrogens with one attached hydrogen (secondary N) is 2. The molecular weight excluding hydrogens is 495 g/mol. The molecule has 7 heteroatoms. The Labute approximate surface area is 194 Å². The molecule has 0 saturated heterocycles. The van der Waals surface area contributed by atoms with Gasteiger partial charge in [0.05, 0.1) is 13.1 Å². The summed E-state index contributed by atoms with van der Waals surface area (Å²) in [5.74, 6) is 0.897. The van der Waals surface area contributed by atoms with Gasteiger partial charge in [0.1, 0.15) is 0 Å². The average Bonchev–Trinajstić information content (AvgIpc) is 3.17. The Balaban J connectivity index is 0.00000300. The average molecular weight is 526 g/mol.